The van der Waals surface area contributed by atoms with E-state index in [1.54, 1.807) is 68.7 Å². The fourth-order valence-corrected chi connectivity index (χ4v) is 2.14. The van der Waals surface area contributed by atoms with Crippen molar-refractivity contribution in [2.75, 3.05) is 19.4 Å². The van der Waals surface area contributed by atoms with E-state index in [9.17, 15) is 14.4 Å². The Morgan fingerprint density at radius 2 is 1.44 bits per heavy atom. The van der Waals surface area contributed by atoms with Crippen LogP contribution in [-0.2, 0) is 4.79 Å². The molecule has 5 nitrogen and oxygen atoms in total. The van der Waals surface area contributed by atoms with Gasteiger partial charge in [0.1, 0.15) is 0 Å². The molecule has 5 heteroatoms. The first-order valence-corrected chi connectivity index (χ1v) is 7.78. The van der Waals surface area contributed by atoms with Crippen LogP contribution < -0.4 is 5.32 Å². The molecule has 0 aliphatic heterocycles. The third-order valence-electron chi connectivity index (χ3n) is 3.55. The Hall–Kier alpha value is -3.21. The van der Waals surface area contributed by atoms with Crippen LogP contribution in [0.3, 0.4) is 0 Å². The number of nitrogens with zero attached hydrogens (tertiary/aromatic N) is 1. The van der Waals surface area contributed by atoms with Gasteiger partial charge in [-0.3, -0.25) is 14.4 Å². The summed E-state index contributed by atoms with van der Waals surface area (Å²) >= 11 is 0. The molecule has 0 spiro atoms. The Kier molecular flexibility index (Phi) is 5.84. The van der Waals surface area contributed by atoms with Crippen molar-refractivity contribution in [1.82, 2.24) is 4.90 Å². The van der Waals surface area contributed by atoms with E-state index in [0.29, 0.717) is 16.8 Å². The molecule has 25 heavy (non-hydrogen) atoms. The first kappa shape index (κ1) is 18.1. The Morgan fingerprint density at radius 1 is 0.880 bits per heavy atom. The summed E-state index contributed by atoms with van der Waals surface area (Å²) in [6, 6.07) is 13.7. The Morgan fingerprint density at radius 3 is 1.96 bits per heavy atom. The van der Waals surface area contributed by atoms with Gasteiger partial charge in [0.25, 0.3) is 5.91 Å². The summed E-state index contributed by atoms with van der Waals surface area (Å²) in [6.07, 6.45) is 3.09. The highest BCUT2D eigenvalue weighted by Crippen LogP contribution is 2.11. The number of nitrogens with one attached hydrogen (secondary N) is 1. The lowest BCUT2D eigenvalue weighted by molar-refractivity contribution is -0.111. The van der Waals surface area contributed by atoms with E-state index in [1.165, 1.54) is 17.9 Å². The predicted octanol–water partition coefficient (Wildman–Crippen LogP) is 3.24. The largest absolute Gasteiger partial charge is 0.345 e. The van der Waals surface area contributed by atoms with Gasteiger partial charge in [0, 0.05) is 37.0 Å². The van der Waals surface area contributed by atoms with Crippen LogP contribution in [0.5, 0.6) is 0 Å². The molecular formula is C20H20N2O3. The number of carbonyl (C=O) groups excluding carboxylic acids is 3. The number of ketones is 1. The van der Waals surface area contributed by atoms with Crippen molar-refractivity contribution in [1.29, 1.82) is 0 Å². The van der Waals surface area contributed by atoms with Crippen molar-refractivity contribution < 1.29 is 14.4 Å². The number of rotatable bonds is 5. The van der Waals surface area contributed by atoms with E-state index >= 15 is 0 Å². The van der Waals surface area contributed by atoms with Crippen molar-refractivity contribution >= 4 is 29.4 Å². The molecule has 0 fully saturated rings. The minimum absolute atomic E-state index is 0.0195. The van der Waals surface area contributed by atoms with Crippen LogP contribution in [0.15, 0.2) is 54.6 Å². The normalized spacial score (nSPS) is 10.5. The van der Waals surface area contributed by atoms with E-state index < -0.39 is 0 Å². The molecule has 0 bridgehead atoms. The van der Waals surface area contributed by atoms with Crippen molar-refractivity contribution in [3.63, 3.8) is 0 Å². The molecule has 0 saturated heterocycles. The maximum Gasteiger partial charge on any atom is 0.253 e. The molecule has 0 saturated carbocycles. The Balaban J connectivity index is 1.97. The molecule has 2 rings (SSSR count). The predicted molar refractivity (Wildman–Crippen MR) is 98.6 cm³/mol. The maximum absolute atomic E-state index is 11.9. The first-order valence-electron chi connectivity index (χ1n) is 7.78. The smallest absolute Gasteiger partial charge is 0.253 e. The van der Waals surface area contributed by atoms with Crippen molar-refractivity contribution in [3.05, 3.63) is 71.3 Å². The van der Waals surface area contributed by atoms with Crippen LogP contribution in [0.25, 0.3) is 6.08 Å². The van der Waals surface area contributed by atoms with Crippen LogP contribution >= 0.6 is 0 Å². The zero-order chi connectivity index (χ0) is 18.4. The molecule has 0 aliphatic rings. The van der Waals surface area contributed by atoms with Crippen LogP contribution in [0.1, 0.15) is 33.2 Å². The van der Waals surface area contributed by atoms with Gasteiger partial charge in [-0.1, -0.05) is 12.1 Å². The molecule has 0 radical (unpaired) electrons. The van der Waals surface area contributed by atoms with Gasteiger partial charge in [0.15, 0.2) is 5.78 Å². The first-order chi connectivity index (χ1) is 11.9. The maximum atomic E-state index is 11.9. The summed E-state index contributed by atoms with van der Waals surface area (Å²) < 4.78 is 0. The van der Waals surface area contributed by atoms with Gasteiger partial charge in [0.2, 0.25) is 5.91 Å². The fourth-order valence-electron chi connectivity index (χ4n) is 2.14. The highest BCUT2D eigenvalue weighted by Gasteiger charge is 2.06. The molecule has 0 atom stereocenters. The molecule has 0 heterocycles. The van der Waals surface area contributed by atoms with Crippen LogP contribution in [0, 0.1) is 0 Å². The van der Waals surface area contributed by atoms with Gasteiger partial charge < -0.3 is 10.2 Å². The summed E-state index contributed by atoms with van der Waals surface area (Å²) in [5.41, 5.74) is 2.63. The van der Waals surface area contributed by atoms with Crippen molar-refractivity contribution in [2.24, 2.45) is 0 Å². The number of amides is 2. The second-order valence-electron chi connectivity index (χ2n) is 5.78. The summed E-state index contributed by atoms with van der Waals surface area (Å²) in [7, 11) is 3.40. The molecular weight excluding hydrogens is 316 g/mol. The van der Waals surface area contributed by atoms with Gasteiger partial charge in [-0.05, 0) is 55.0 Å². The van der Waals surface area contributed by atoms with Crippen LogP contribution in [0.2, 0.25) is 0 Å². The van der Waals surface area contributed by atoms with Gasteiger partial charge >= 0.3 is 0 Å². The molecule has 2 aromatic rings. The monoisotopic (exact) mass is 336 g/mol. The van der Waals surface area contributed by atoms with Crippen LogP contribution in [-0.4, -0.2) is 36.6 Å². The molecule has 0 unspecified atom stereocenters. The summed E-state index contributed by atoms with van der Waals surface area (Å²) in [4.78, 5) is 36.5. The zero-order valence-corrected chi connectivity index (χ0v) is 14.4. The molecule has 1 N–H and O–H groups in total. The third kappa shape index (κ3) is 5.14. The lowest BCUT2D eigenvalue weighted by atomic mass is 10.1. The van der Waals surface area contributed by atoms with E-state index in [-0.39, 0.29) is 17.6 Å². The number of hydrogen-bond donors (Lipinski definition) is 1. The quantitative estimate of drug-likeness (QED) is 0.673. The average Bonchev–Trinajstić information content (AvgIpc) is 2.60. The molecule has 0 aromatic heterocycles. The number of hydrogen-bond acceptors (Lipinski definition) is 3. The molecule has 2 amide bonds. The van der Waals surface area contributed by atoms with Gasteiger partial charge in [-0.2, -0.15) is 0 Å². The highest BCUT2D eigenvalue weighted by molar-refractivity contribution is 6.02. The summed E-state index contributed by atoms with van der Waals surface area (Å²) in [6.45, 7) is 1.49. The minimum Gasteiger partial charge on any atom is -0.345 e. The van der Waals surface area contributed by atoms with E-state index in [1.807, 2.05) is 0 Å². The van der Waals surface area contributed by atoms with E-state index in [2.05, 4.69) is 5.32 Å². The number of Topliss-reactive ketones (excluding diaryl/α,β-unsaturated/α-hetero) is 1. The second-order valence-corrected chi connectivity index (χ2v) is 5.78. The van der Waals surface area contributed by atoms with Gasteiger partial charge in [0.05, 0.1) is 0 Å². The lowest BCUT2D eigenvalue weighted by Gasteiger charge is -2.09. The fraction of sp³-hybridized carbons (Fsp3) is 0.150. The summed E-state index contributed by atoms with van der Waals surface area (Å²) in [5, 5.41) is 2.73. The van der Waals surface area contributed by atoms with Gasteiger partial charge in [-0.25, -0.2) is 0 Å². The zero-order valence-electron chi connectivity index (χ0n) is 14.4. The average molecular weight is 336 g/mol. The number of carbonyl (C=O) groups is 3. The third-order valence-corrected chi connectivity index (χ3v) is 3.55. The van der Waals surface area contributed by atoms with Gasteiger partial charge in [-0.15, -0.1) is 0 Å². The lowest BCUT2D eigenvalue weighted by Crippen LogP contribution is -2.21. The molecule has 128 valence electrons. The van der Waals surface area contributed by atoms with Crippen LogP contribution in [0.4, 0.5) is 5.69 Å². The number of benzene rings is 2. The number of anilines is 1. The molecule has 2 aromatic carbocycles. The SMILES string of the molecule is CC(=O)c1ccc(NC(=O)/C=C/c2ccc(C(=O)N(C)C)cc2)cc1. The Bertz CT molecular complexity index is 804. The summed E-state index contributed by atoms with van der Waals surface area (Å²) in [5.74, 6) is -0.361. The molecule has 0 aliphatic carbocycles. The van der Waals surface area contributed by atoms with E-state index in [0.717, 1.165) is 5.56 Å². The minimum atomic E-state index is -0.274. The Labute approximate surface area is 147 Å². The topological polar surface area (TPSA) is 66.5 Å². The highest BCUT2D eigenvalue weighted by atomic mass is 16.2. The van der Waals surface area contributed by atoms with Crippen molar-refractivity contribution in [3.8, 4) is 0 Å². The van der Waals surface area contributed by atoms with Crippen molar-refractivity contribution in [2.45, 2.75) is 6.92 Å². The standard InChI is InChI=1S/C20H20N2O3/c1-14(23)16-9-11-18(12-10-16)21-19(24)13-6-15-4-7-17(8-5-15)20(25)22(2)3/h4-13H,1-3H3,(H,21,24)/b13-6+. The van der Waals surface area contributed by atoms with E-state index in [4.69, 9.17) is 0 Å². The second kappa shape index (κ2) is 8.06.